The van der Waals surface area contributed by atoms with Crippen molar-refractivity contribution >= 4 is 29.2 Å². The summed E-state index contributed by atoms with van der Waals surface area (Å²) >= 11 is 0. The van der Waals surface area contributed by atoms with Gasteiger partial charge in [0.25, 0.3) is 5.91 Å². The Hall–Kier alpha value is -3.09. The number of benzene rings is 1. The molecular formula is C19H20N2O5. The topological polar surface area (TPSA) is 88.9 Å². The molecule has 136 valence electrons. The van der Waals surface area contributed by atoms with Gasteiger partial charge < -0.3 is 19.4 Å². The Bertz CT molecular complexity index is 871. The van der Waals surface area contributed by atoms with Gasteiger partial charge in [-0.3, -0.25) is 9.59 Å². The molecule has 0 aliphatic carbocycles. The van der Waals surface area contributed by atoms with Crippen LogP contribution in [0, 0.1) is 13.8 Å². The number of fused-ring (bicyclic) bond motifs is 1. The molecule has 26 heavy (non-hydrogen) atoms. The van der Waals surface area contributed by atoms with Gasteiger partial charge in [-0.25, -0.2) is 4.79 Å². The molecule has 2 aromatic rings. The first kappa shape index (κ1) is 17.7. The van der Waals surface area contributed by atoms with Crippen LogP contribution in [0.2, 0.25) is 0 Å². The number of hydrogen-bond acceptors (Lipinski definition) is 5. The van der Waals surface area contributed by atoms with Crippen LogP contribution >= 0.6 is 0 Å². The molecule has 3 rings (SSSR count). The fourth-order valence-electron chi connectivity index (χ4n) is 3.08. The van der Waals surface area contributed by atoms with Crippen LogP contribution in [0.25, 0.3) is 0 Å². The summed E-state index contributed by atoms with van der Waals surface area (Å²) in [6, 6.07) is 8.27. The highest BCUT2D eigenvalue weighted by Crippen LogP contribution is 2.31. The van der Waals surface area contributed by atoms with Gasteiger partial charge in [-0.15, -0.1) is 0 Å². The van der Waals surface area contributed by atoms with E-state index in [4.69, 9.17) is 9.15 Å². The standard InChI is InChI=1S/C19H20N2O5/c1-11-8-17(22)20-15-6-4-5-7-16(15)21(11)18(23)10-25-19(24)14-9-12(2)26-13(14)3/h4-7,9,11H,8,10H2,1-3H3,(H,20,22)/t11-/m1/s1. The second kappa shape index (κ2) is 7.03. The summed E-state index contributed by atoms with van der Waals surface area (Å²) in [5, 5.41) is 2.79. The third-order valence-electron chi connectivity index (χ3n) is 4.22. The van der Waals surface area contributed by atoms with E-state index in [1.165, 1.54) is 4.90 Å². The van der Waals surface area contributed by atoms with Crippen molar-refractivity contribution in [2.24, 2.45) is 0 Å². The minimum atomic E-state index is -0.613. The van der Waals surface area contributed by atoms with E-state index in [0.29, 0.717) is 28.5 Å². The lowest BCUT2D eigenvalue weighted by atomic mass is 10.1. The zero-order valence-electron chi connectivity index (χ0n) is 14.9. The van der Waals surface area contributed by atoms with Crippen molar-refractivity contribution in [3.05, 3.63) is 47.4 Å². The molecule has 2 amide bonds. The summed E-state index contributed by atoms with van der Waals surface area (Å²) in [6.45, 7) is 4.75. The van der Waals surface area contributed by atoms with Crippen LogP contribution in [-0.4, -0.2) is 30.4 Å². The van der Waals surface area contributed by atoms with Crippen molar-refractivity contribution in [1.29, 1.82) is 0 Å². The number of amides is 2. The fourth-order valence-corrected chi connectivity index (χ4v) is 3.08. The number of furan rings is 1. The van der Waals surface area contributed by atoms with Crippen molar-refractivity contribution < 1.29 is 23.5 Å². The van der Waals surface area contributed by atoms with Gasteiger partial charge >= 0.3 is 5.97 Å². The zero-order valence-corrected chi connectivity index (χ0v) is 14.9. The third kappa shape index (κ3) is 3.46. The first-order valence-electron chi connectivity index (χ1n) is 8.32. The van der Waals surface area contributed by atoms with Gasteiger partial charge in [0.05, 0.1) is 11.4 Å². The fraction of sp³-hybridized carbons (Fsp3) is 0.316. The molecule has 7 nitrogen and oxygen atoms in total. The molecule has 0 saturated carbocycles. The number of carbonyl (C=O) groups excluding carboxylic acids is 3. The maximum atomic E-state index is 12.7. The van der Waals surface area contributed by atoms with E-state index < -0.39 is 18.5 Å². The number of carbonyl (C=O) groups is 3. The summed E-state index contributed by atoms with van der Waals surface area (Å²) in [4.78, 5) is 38.4. The van der Waals surface area contributed by atoms with Crippen LogP contribution < -0.4 is 10.2 Å². The summed E-state index contributed by atoms with van der Waals surface area (Å²) in [5.41, 5.74) is 1.45. The number of nitrogens with zero attached hydrogens (tertiary/aromatic N) is 1. The van der Waals surface area contributed by atoms with Crippen LogP contribution in [0.4, 0.5) is 11.4 Å². The molecule has 1 aliphatic rings. The lowest BCUT2D eigenvalue weighted by Gasteiger charge is -2.27. The molecule has 0 saturated heterocycles. The molecular weight excluding hydrogens is 336 g/mol. The molecule has 0 radical (unpaired) electrons. The van der Waals surface area contributed by atoms with Gasteiger partial charge in [0.2, 0.25) is 5.91 Å². The Morgan fingerprint density at radius 3 is 2.73 bits per heavy atom. The first-order valence-corrected chi connectivity index (χ1v) is 8.32. The molecule has 1 N–H and O–H groups in total. The van der Waals surface area contributed by atoms with Crippen LogP contribution in [0.5, 0.6) is 0 Å². The number of nitrogens with one attached hydrogen (secondary N) is 1. The lowest BCUT2D eigenvalue weighted by Crippen LogP contribution is -2.41. The molecule has 7 heteroatoms. The second-order valence-electron chi connectivity index (χ2n) is 6.29. The molecule has 1 aliphatic heterocycles. The molecule has 0 bridgehead atoms. The highest BCUT2D eigenvalue weighted by molar-refractivity contribution is 6.05. The van der Waals surface area contributed by atoms with E-state index in [1.54, 1.807) is 51.1 Å². The number of hydrogen-bond donors (Lipinski definition) is 1. The van der Waals surface area contributed by atoms with Gasteiger partial charge in [-0.2, -0.15) is 0 Å². The lowest BCUT2D eigenvalue weighted by molar-refractivity contribution is -0.122. The molecule has 1 aromatic carbocycles. The molecule has 2 heterocycles. The van der Waals surface area contributed by atoms with Gasteiger partial charge in [-0.1, -0.05) is 12.1 Å². The highest BCUT2D eigenvalue weighted by atomic mass is 16.5. The molecule has 1 atom stereocenters. The van der Waals surface area contributed by atoms with Gasteiger partial charge in [0.15, 0.2) is 6.61 Å². The number of rotatable bonds is 3. The Morgan fingerprint density at radius 1 is 1.31 bits per heavy atom. The third-order valence-corrected chi connectivity index (χ3v) is 4.22. The summed E-state index contributed by atoms with van der Waals surface area (Å²) < 4.78 is 10.5. The number of esters is 1. The van der Waals surface area contributed by atoms with Crippen LogP contribution in [0.1, 0.15) is 35.2 Å². The van der Waals surface area contributed by atoms with E-state index >= 15 is 0 Å². The maximum Gasteiger partial charge on any atom is 0.342 e. The van der Waals surface area contributed by atoms with E-state index in [0.717, 1.165) is 0 Å². The molecule has 0 spiro atoms. The average Bonchev–Trinajstić information content (AvgIpc) is 2.85. The minimum Gasteiger partial charge on any atom is -0.466 e. The maximum absolute atomic E-state index is 12.7. The largest absolute Gasteiger partial charge is 0.466 e. The number of aryl methyl sites for hydroxylation is 2. The quantitative estimate of drug-likeness (QED) is 0.854. The highest BCUT2D eigenvalue weighted by Gasteiger charge is 2.30. The van der Waals surface area contributed by atoms with Crippen molar-refractivity contribution in [3.8, 4) is 0 Å². The molecule has 1 aromatic heterocycles. The monoisotopic (exact) mass is 356 g/mol. The smallest absolute Gasteiger partial charge is 0.342 e. The summed E-state index contributed by atoms with van der Waals surface area (Å²) in [5.74, 6) is -0.129. The van der Waals surface area contributed by atoms with Crippen molar-refractivity contribution in [2.75, 3.05) is 16.8 Å². The van der Waals surface area contributed by atoms with E-state index in [-0.39, 0.29) is 18.4 Å². The van der Waals surface area contributed by atoms with Crippen LogP contribution in [0.15, 0.2) is 34.7 Å². The van der Waals surface area contributed by atoms with E-state index in [1.807, 2.05) is 0 Å². The van der Waals surface area contributed by atoms with Crippen molar-refractivity contribution in [3.63, 3.8) is 0 Å². The summed E-state index contributed by atoms with van der Waals surface area (Å²) in [7, 11) is 0. The van der Waals surface area contributed by atoms with Crippen LogP contribution in [0.3, 0.4) is 0 Å². The molecule has 0 unspecified atom stereocenters. The number of ether oxygens (including phenoxy) is 1. The number of para-hydroxylation sites is 2. The van der Waals surface area contributed by atoms with Gasteiger partial charge in [0, 0.05) is 12.5 Å². The van der Waals surface area contributed by atoms with E-state index in [9.17, 15) is 14.4 Å². The average molecular weight is 356 g/mol. The zero-order chi connectivity index (χ0) is 18.8. The van der Waals surface area contributed by atoms with Crippen molar-refractivity contribution in [1.82, 2.24) is 0 Å². The van der Waals surface area contributed by atoms with Gasteiger partial charge in [-0.05, 0) is 39.0 Å². The Morgan fingerprint density at radius 2 is 2.04 bits per heavy atom. The van der Waals surface area contributed by atoms with Gasteiger partial charge in [0.1, 0.15) is 17.1 Å². The SMILES string of the molecule is Cc1cc(C(=O)OCC(=O)N2c3ccccc3NC(=O)C[C@H]2C)c(C)o1. The number of anilines is 2. The van der Waals surface area contributed by atoms with Crippen molar-refractivity contribution in [2.45, 2.75) is 33.2 Å². The Balaban J connectivity index is 1.77. The Kier molecular flexibility index (Phi) is 4.79. The normalized spacial score (nSPS) is 16.5. The molecule has 0 fully saturated rings. The predicted molar refractivity (Wildman–Crippen MR) is 95.1 cm³/mol. The second-order valence-corrected chi connectivity index (χ2v) is 6.29. The predicted octanol–water partition coefficient (Wildman–Crippen LogP) is 2.82. The Labute approximate surface area is 150 Å². The first-order chi connectivity index (χ1) is 12.4. The summed E-state index contributed by atoms with van der Waals surface area (Å²) in [6.07, 6.45) is 0.161. The van der Waals surface area contributed by atoms with E-state index in [2.05, 4.69) is 5.32 Å². The van der Waals surface area contributed by atoms with Crippen LogP contribution in [-0.2, 0) is 14.3 Å². The minimum absolute atomic E-state index is 0.161.